The van der Waals surface area contributed by atoms with Crippen molar-refractivity contribution >= 4 is 16.0 Å². The van der Waals surface area contributed by atoms with Gasteiger partial charge in [0.1, 0.15) is 27.9 Å². The van der Waals surface area contributed by atoms with Crippen LogP contribution in [0, 0.1) is 11.6 Å². The van der Waals surface area contributed by atoms with Crippen molar-refractivity contribution in [1.29, 1.82) is 0 Å². The lowest BCUT2D eigenvalue weighted by Crippen LogP contribution is -2.31. The minimum Gasteiger partial charge on any atom is -0.467 e. The average molecular weight is 421 g/mol. The predicted octanol–water partition coefficient (Wildman–Crippen LogP) is 3.74. The zero-order valence-electron chi connectivity index (χ0n) is 15.3. The van der Waals surface area contributed by atoms with E-state index in [4.69, 9.17) is 4.42 Å². The number of hydrogen-bond donors (Lipinski definition) is 0. The molecule has 0 bridgehead atoms. The molecule has 3 rings (SSSR count). The summed E-state index contributed by atoms with van der Waals surface area (Å²) in [5.74, 6) is -2.04. The molecule has 0 radical (unpaired) electrons. The van der Waals surface area contributed by atoms with Crippen LogP contribution in [0.4, 0.5) is 8.78 Å². The Morgan fingerprint density at radius 3 is 2.38 bits per heavy atom. The van der Waals surface area contributed by atoms with E-state index in [-0.39, 0.29) is 24.4 Å². The smallest absolute Gasteiger partial charge is 0.341 e. The molecule has 0 aliphatic carbocycles. The molecule has 0 amide bonds. The lowest BCUT2D eigenvalue weighted by Gasteiger charge is -2.22. The Bertz CT molecular complexity index is 1110. The first-order valence-electron chi connectivity index (χ1n) is 8.46. The standard InChI is InChI=1S/C20H17F2NO5S/c1-27-20(24)16-10-11-28-18(16)13-23(12-14-6-8-15(21)9-7-14)29(25,26)19-5-3-2-4-17(19)22/h2-11H,12-13H2,1H3. The molecule has 0 fully saturated rings. The van der Waals surface area contributed by atoms with Crippen LogP contribution in [0.5, 0.6) is 0 Å². The second-order valence-electron chi connectivity index (χ2n) is 6.08. The van der Waals surface area contributed by atoms with Crippen LogP contribution in [0.3, 0.4) is 0 Å². The number of nitrogens with zero attached hydrogens (tertiary/aromatic N) is 1. The molecule has 1 heterocycles. The number of benzene rings is 2. The zero-order chi connectivity index (χ0) is 21.0. The number of carbonyl (C=O) groups is 1. The van der Waals surface area contributed by atoms with Gasteiger partial charge < -0.3 is 9.15 Å². The molecule has 2 aromatic carbocycles. The van der Waals surface area contributed by atoms with Crippen LogP contribution in [0.15, 0.2) is 70.2 Å². The summed E-state index contributed by atoms with van der Waals surface area (Å²) < 4.78 is 64.6. The van der Waals surface area contributed by atoms with Gasteiger partial charge in [-0.05, 0) is 35.9 Å². The molecule has 3 aromatic rings. The lowest BCUT2D eigenvalue weighted by atomic mass is 10.2. The SMILES string of the molecule is COC(=O)c1ccoc1CN(Cc1ccc(F)cc1)S(=O)(=O)c1ccccc1F. The second-order valence-corrected chi connectivity index (χ2v) is 7.99. The topological polar surface area (TPSA) is 76.8 Å². The molecular formula is C20H17F2NO5S. The van der Waals surface area contributed by atoms with Crippen molar-refractivity contribution in [3.8, 4) is 0 Å². The van der Waals surface area contributed by atoms with Gasteiger partial charge in [0.25, 0.3) is 0 Å². The third-order valence-corrected chi connectivity index (χ3v) is 6.02. The summed E-state index contributed by atoms with van der Waals surface area (Å²) in [6, 6.07) is 11.5. The summed E-state index contributed by atoms with van der Waals surface area (Å²) >= 11 is 0. The summed E-state index contributed by atoms with van der Waals surface area (Å²) in [7, 11) is -3.13. The van der Waals surface area contributed by atoms with Gasteiger partial charge in [-0.25, -0.2) is 22.0 Å². The Kier molecular flexibility index (Phi) is 6.09. The van der Waals surface area contributed by atoms with Gasteiger partial charge >= 0.3 is 5.97 Å². The van der Waals surface area contributed by atoms with Crippen molar-refractivity contribution < 1.29 is 31.1 Å². The van der Waals surface area contributed by atoms with E-state index in [9.17, 15) is 22.0 Å². The Balaban J connectivity index is 2.02. The van der Waals surface area contributed by atoms with Gasteiger partial charge in [0, 0.05) is 6.54 Å². The summed E-state index contributed by atoms with van der Waals surface area (Å²) in [4.78, 5) is 11.4. The van der Waals surface area contributed by atoms with Crippen LogP contribution < -0.4 is 0 Å². The number of rotatable bonds is 7. The summed E-state index contributed by atoms with van der Waals surface area (Å²) in [5, 5.41) is 0. The highest BCUT2D eigenvalue weighted by atomic mass is 32.2. The molecule has 0 atom stereocenters. The number of furan rings is 1. The van der Waals surface area contributed by atoms with Crippen molar-refractivity contribution in [1.82, 2.24) is 4.31 Å². The first-order chi connectivity index (χ1) is 13.8. The van der Waals surface area contributed by atoms with Crippen LogP contribution in [0.1, 0.15) is 21.7 Å². The summed E-state index contributed by atoms with van der Waals surface area (Å²) in [6.07, 6.45) is 1.23. The molecule has 29 heavy (non-hydrogen) atoms. The fourth-order valence-corrected chi connectivity index (χ4v) is 4.18. The molecule has 0 aliphatic heterocycles. The van der Waals surface area contributed by atoms with Gasteiger partial charge in [-0.1, -0.05) is 24.3 Å². The van der Waals surface area contributed by atoms with Crippen LogP contribution in [0.2, 0.25) is 0 Å². The quantitative estimate of drug-likeness (QED) is 0.543. The number of hydrogen-bond acceptors (Lipinski definition) is 5. The normalized spacial score (nSPS) is 11.6. The second kappa shape index (κ2) is 8.54. The Morgan fingerprint density at radius 2 is 1.72 bits per heavy atom. The predicted molar refractivity (Wildman–Crippen MR) is 99.3 cm³/mol. The maximum Gasteiger partial charge on any atom is 0.341 e. The number of esters is 1. The minimum atomic E-state index is -4.31. The van der Waals surface area contributed by atoms with Gasteiger partial charge in [0.15, 0.2) is 0 Å². The van der Waals surface area contributed by atoms with Gasteiger partial charge in [-0.3, -0.25) is 0 Å². The highest BCUT2D eigenvalue weighted by Gasteiger charge is 2.30. The van der Waals surface area contributed by atoms with E-state index < -0.39 is 32.5 Å². The third kappa shape index (κ3) is 4.52. The largest absolute Gasteiger partial charge is 0.467 e. The van der Waals surface area contributed by atoms with Crippen molar-refractivity contribution in [3.63, 3.8) is 0 Å². The third-order valence-electron chi connectivity index (χ3n) is 4.20. The molecule has 0 unspecified atom stereocenters. The van der Waals surface area contributed by atoms with Crippen molar-refractivity contribution in [3.05, 3.63) is 89.4 Å². The lowest BCUT2D eigenvalue weighted by molar-refractivity contribution is 0.0597. The average Bonchev–Trinajstić information content (AvgIpc) is 3.17. The fraction of sp³-hybridized carbons (Fsp3) is 0.150. The monoisotopic (exact) mass is 421 g/mol. The molecule has 0 saturated carbocycles. The van der Waals surface area contributed by atoms with Crippen LogP contribution in [0.25, 0.3) is 0 Å². The van der Waals surface area contributed by atoms with Crippen molar-refractivity contribution in [2.45, 2.75) is 18.0 Å². The van der Waals surface area contributed by atoms with E-state index in [1.165, 1.54) is 55.8 Å². The highest BCUT2D eigenvalue weighted by Crippen LogP contribution is 2.25. The molecule has 0 N–H and O–H groups in total. The fourth-order valence-electron chi connectivity index (χ4n) is 2.73. The Labute approximate surface area is 166 Å². The molecule has 152 valence electrons. The Hall–Kier alpha value is -3.04. The van der Waals surface area contributed by atoms with Crippen molar-refractivity contribution in [2.75, 3.05) is 7.11 Å². The molecule has 0 saturated heterocycles. The zero-order valence-corrected chi connectivity index (χ0v) is 16.2. The van der Waals surface area contributed by atoms with Crippen LogP contribution in [-0.2, 0) is 27.8 Å². The number of methoxy groups -OCH3 is 1. The minimum absolute atomic E-state index is 0.0406. The Morgan fingerprint density at radius 1 is 1.03 bits per heavy atom. The maximum atomic E-state index is 14.2. The summed E-state index contributed by atoms with van der Waals surface area (Å²) in [5.41, 5.74) is 0.526. The first kappa shape index (κ1) is 20.7. The molecule has 6 nitrogen and oxygen atoms in total. The molecule has 0 aliphatic rings. The van der Waals surface area contributed by atoms with E-state index >= 15 is 0 Å². The highest BCUT2D eigenvalue weighted by molar-refractivity contribution is 7.89. The summed E-state index contributed by atoms with van der Waals surface area (Å²) in [6.45, 7) is -0.552. The molecule has 0 spiro atoms. The van der Waals surface area contributed by atoms with E-state index in [2.05, 4.69) is 4.74 Å². The van der Waals surface area contributed by atoms with Crippen LogP contribution >= 0.6 is 0 Å². The van der Waals surface area contributed by atoms with Gasteiger partial charge in [-0.15, -0.1) is 0 Å². The maximum absolute atomic E-state index is 14.2. The first-order valence-corrected chi connectivity index (χ1v) is 9.90. The number of carbonyl (C=O) groups excluding carboxylic acids is 1. The van der Waals surface area contributed by atoms with E-state index in [0.29, 0.717) is 5.56 Å². The van der Waals surface area contributed by atoms with Gasteiger partial charge in [0.05, 0.1) is 19.9 Å². The molecular weight excluding hydrogens is 404 g/mol. The van der Waals surface area contributed by atoms with Gasteiger partial charge in [0.2, 0.25) is 10.0 Å². The van der Waals surface area contributed by atoms with E-state index in [0.717, 1.165) is 16.4 Å². The van der Waals surface area contributed by atoms with E-state index in [1.54, 1.807) is 0 Å². The van der Waals surface area contributed by atoms with Gasteiger partial charge in [-0.2, -0.15) is 4.31 Å². The molecule has 9 heteroatoms. The number of sulfonamides is 1. The molecule has 1 aromatic heterocycles. The van der Waals surface area contributed by atoms with Crippen molar-refractivity contribution in [2.24, 2.45) is 0 Å². The number of halogens is 2. The van der Waals surface area contributed by atoms with Crippen LogP contribution in [-0.4, -0.2) is 25.8 Å². The van der Waals surface area contributed by atoms with E-state index in [1.807, 2.05) is 0 Å². The number of ether oxygens (including phenoxy) is 1.